The molecule has 0 aliphatic carbocycles. The number of nitrogens with two attached hydrogens (primary N) is 1. The number of halogens is 1. The first kappa shape index (κ1) is 12.5. The molecule has 0 atom stereocenters. The van der Waals surface area contributed by atoms with E-state index in [-0.39, 0.29) is 0 Å². The van der Waals surface area contributed by atoms with Crippen LogP contribution >= 0.6 is 11.6 Å². The number of rotatable bonds is 4. The lowest BCUT2D eigenvalue weighted by Gasteiger charge is -2.07. The third-order valence-electron chi connectivity index (χ3n) is 2.56. The van der Waals surface area contributed by atoms with Crippen molar-refractivity contribution in [3.8, 4) is 0 Å². The molecular formula is C14H13ClN2O. The van der Waals surface area contributed by atoms with Gasteiger partial charge in [-0.2, -0.15) is 0 Å². The van der Waals surface area contributed by atoms with Crippen LogP contribution in [-0.2, 0) is 6.54 Å². The van der Waals surface area contributed by atoms with Crippen molar-refractivity contribution in [2.75, 3.05) is 5.32 Å². The Bertz CT molecular complexity index is 552. The van der Waals surface area contributed by atoms with Gasteiger partial charge in [0.1, 0.15) is 0 Å². The molecule has 0 fully saturated rings. The third-order valence-corrected chi connectivity index (χ3v) is 2.81. The summed E-state index contributed by atoms with van der Waals surface area (Å²) in [4.78, 5) is 11.0. The summed E-state index contributed by atoms with van der Waals surface area (Å²) in [6.45, 7) is 0.666. The Morgan fingerprint density at radius 1 is 1.17 bits per heavy atom. The summed E-state index contributed by atoms with van der Waals surface area (Å²) in [5.74, 6) is -0.426. The van der Waals surface area contributed by atoms with E-state index < -0.39 is 5.91 Å². The predicted molar refractivity (Wildman–Crippen MR) is 73.7 cm³/mol. The molecule has 0 bridgehead atoms. The van der Waals surface area contributed by atoms with Gasteiger partial charge in [-0.15, -0.1) is 0 Å². The summed E-state index contributed by atoms with van der Waals surface area (Å²) in [5.41, 5.74) is 7.70. The van der Waals surface area contributed by atoms with Crippen LogP contribution in [0.15, 0.2) is 48.5 Å². The zero-order valence-electron chi connectivity index (χ0n) is 9.69. The molecule has 0 saturated heterocycles. The van der Waals surface area contributed by atoms with E-state index >= 15 is 0 Å². The number of benzene rings is 2. The summed E-state index contributed by atoms with van der Waals surface area (Å²) >= 11 is 5.81. The third kappa shape index (κ3) is 3.25. The van der Waals surface area contributed by atoms with E-state index in [1.54, 1.807) is 18.2 Å². The first-order valence-corrected chi connectivity index (χ1v) is 5.91. The molecule has 0 heterocycles. The van der Waals surface area contributed by atoms with E-state index in [9.17, 15) is 4.79 Å². The van der Waals surface area contributed by atoms with Crippen LogP contribution < -0.4 is 11.1 Å². The molecule has 0 spiro atoms. The second-order valence-electron chi connectivity index (χ2n) is 3.93. The van der Waals surface area contributed by atoms with Crippen molar-refractivity contribution in [2.24, 2.45) is 5.73 Å². The molecule has 4 heteroatoms. The van der Waals surface area contributed by atoms with E-state index in [2.05, 4.69) is 5.32 Å². The Labute approximate surface area is 111 Å². The maximum Gasteiger partial charge on any atom is 0.248 e. The van der Waals surface area contributed by atoms with Gasteiger partial charge < -0.3 is 11.1 Å². The minimum absolute atomic E-state index is 0.426. The van der Waals surface area contributed by atoms with Crippen LogP contribution in [0.5, 0.6) is 0 Å². The van der Waals surface area contributed by atoms with Crippen molar-refractivity contribution >= 4 is 23.2 Å². The Kier molecular flexibility index (Phi) is 3.85. The molecule has 3 N–H and O–H groups in total. The average molecular weight is 261 g/mol. The fourth-order valence-electron chi connectivity index (χ4n) is 1.59. The summed E-state index contributed by atoms with van der Waals surface area (Å²) in [7, 11) is 0. The summed E-state index contributed by atoms with van der Waals surface area (Å²) < 4.78 is 0. The van der Waals surface area contributed by atoms with Gasteiger partial charge in [-0.25, -0.2) is 0 Å². The van der Waals surface area contributed by atoms with Gasteiger partial charge in [0, 0.05) is 22.8 Å². The van der Waals surface area contributed by atoms with E-state index in [1.165, 1.54) is 0 Å². The lowest BCUT2D eigenvalue weighted by Crippen LogP contribution is -2.11. The summed E-state index contributed by atoms with van der Waals surface area (Å²) in [5, 5.41) is 3.94. The van der Waals surface area contributed by atoms with Crippen molar-refractivity contribution in [3.63, 3.8) is 0 Å². The highest BCUT2D eigenvalue weighted by Gasteiger charge is 2.01. The molecule has 0 aliphatic rings. The fourth-order valence-corrected chi connectivity index (χ4v) is 1.71. The SMILES string of the molecule is NC(=O)c1cccc(NCc2ccc(Cl)cc2)c1. The standard InChI is InChI=1S/C14H13ClN2O/c15-12-6-4-10(5-7-12)9-17-13-3-1-2-11(8-13)14(16)18/h1-8,17H,9H2,(H2,16,18). The van der Waals surface area contributed by atoms with Gasteiger partial charge in [0.15, 0.2) is 0 Å². The highest BCUT2D eigenvalue weighted by molar-refractivity contribution is 6.30. The molecule has 2 aromatic carbocycles. The molecule has 0 aliphatic heterocycles. The second kappa shape index (κ2) is 5.56. The van der Waals surface area contributed by atoms with Crippen LogP contribution in [0.2, 0.25) is 5.02 Å². The number of anilines is 1. The Balaban J connectivity index is 2.04. The molecule has 2 rings (SSSR count). The topological polar surface area (TPSA) is 55.1 Å². The molecule has 1 amide bonds. The van der Waals surface area contributed by atoms with Crippen LogP contribution in [0.4, 0.5) is 5.69 Å². The number of hydrogen-bond donors (Lipinski definition) is 2. The number of carbonyl (C=O) groups excluding carboxylic acids is 1. The van der Waals surface area contributed by atoms with E-state index in [0.29, 0.717) is 12.1 Å². The Hall–Kier alpha value is -2.00. The highest BCUT2D eigenvalue weighted by atomic mass is 35.5. The van der Waals surface area contributed by atoms with Gasteiger partial charge in [0.2, 0.25) is 5.91 Å². The van der Waals surface area contributed by atoms with Gasteiger partial charge in [0.05, 0.1) is 0 Å². The first-order valence-electron chi connectivity index (χ1n) is 5.53. The van der Waals surface area contributed by atoms with Crippen LogP contribution in [0.3, 0.4) is 0 Å². The number of carbonyl (C=O) groups is 1. The average Bonchev–Trinajstić information content (AvgIpc) is 2.38. The molecule has 0 radical (unpaired) electrons. The Morgan fingerprint density at radius 2 is 1.89 bits per heavy atom. The van der Waals surface area contributed by atoms with Crippen LogP contribution in [0, 0.1) is 0 Å². The van der Waals surface area contributed by atoms with Gasteiger partial charge in [-0.3, -0.25) is 4.79 Å². The summed E-state index contributed by atoms with van der Waals surface area (Å²) in [6.07, 6.45) is 0. The molecule has 0 saturated carbocycles. The largest absolute Gasteiger partial charge is 0.381 e. The van der Waals surface area contributed by atoms with Gasteiger partial charge >= 0.3 is 0 Å². The second-order valence-corrected chi connectivity index (χ2v) is 4.36. The van der Waals surface area contributed by atoms with Crippen molar-refractivity contribution in [1.29, 1.82) is 0 Å². The minimum atomic E-state index is -0.426. The highest BCUT2D eigenvalue weighted by Crippen LogP contribution is 2.13. The molecule has 92 valence electrons. The lowest BCUT2D eigenvalue weighted by atomic mass is 10.2. The maximum atomic E-state index is 11.0. The number of primary amides is 1. The van der Waals surface area contributed by atoms with Crippen molar-refractivity contribution in [2.45, 2.75) is 6.54 Å². The van der Waals surface area contributed by atoms with Crippen molar-refractivity contribution < 1.29 is 4.79 Å². The quantitative estimate of drug-likeness (QED) is 0.888. The molecule has 2 aromatic rings. The normalized spacial score (nSPS) is 10.1. The zero-order valence-corrected chi connectivity index (χ0v) is 10.4. The van der Waals surface area contributed by atoms with Crippen molar-refractivity contribution in [1.82, 2.24) is 0 Å². The molecular weight excluding hydrogens is 248 g/mol. The van der Waals surface area contributed by atoms with Crippen LogP contribution in [-0.4, -0.2) is 5.91 Å². The molecule has 3 nitrogen and oxygen atoms in total. The van der Waals surface area contributed by atoms with E-state index in [1.807, 2.05) is 30.3 Å². The van der Waals surface area contributed by atoms with Crippen molar-refractivity contribution in [3.05, 3.63) is 64.7 Å². The lowest BCUT2D eigenvalue weighted by molar-refractivity contribution is 0.100. The monoisotopic (exact) mass is 260 g/mol. The molecule has 18 heavy (non-hydrogen) atoms. The maximum absolute atomic E-state index is 11.0. The summed E-state index contributed by atoms with van der Waals surface area (Å²) in [6, 6.07) is 14.7. The first-order chi connectivity index (χ1) is 8.65. The fraction of sp³-hybridized carbons (Fsp3) is 0.0714. The van der Waals surface area contributed by atoms with Gasteiger partial charge in [0.25, 0.3) is 0 Å². The predicted octanol–water partition coefficient (Wildman–Crippen LogP) is 3.05. The van der Waals surface area contributed by atoms with E-state index in [0.717, 1.165) is 16.3 Å². The number of nitrogens with one attached hydrogen (secondary N) is 1. The Morgan fingerprint density at radius 3 is 2.56 bits per heavy atom. The minimum Gasteiger partial charge on any atom is -0.381 e. The molecule has 0 aromatic heterocycles. The number of hydrogen-bond acceptors (Lipinski definition) is 2. The smallest absolute Gasteiger partial charge is 0.248 e. The van der Waals surface area contributed by atoms with Gasteiger partial charge in [-0.05, 0) is 35.9 Å². The van der Waals surface area contributed by atoms with Crippen LogP contribution in [0.25, 0.3) is 0 Å². The zero-order chi connectivity index (χ0) is 13.0. The molecule has 0 unspecified atom stereocenters. The van der Waals surface area contributed by atoms with Gasteiger partial charge in [-0.1, -0.05) is 29.8 Å². The van der Waals surface area contributed by atoms with Crippen LogP contribution in [0.1, 0.15) is 15.9 Å². The number of amides is 1. The van der Waals surface area contributed by atoms with E-state index in [4.69, 9.17) is 17.3 Å².